The number of likely N-dealkylation sites (N-methyl/N-ethyl adjacent to an activating group) is 1. The molecule has 2 rings (SSSR count). The third kappa shape index (κ3) is 8.53. The van der Waals surface area contributed by atoms with Crippen LogP contribution in [0.25, 0.3) is 0 Å². The van der Waals surface area contributed by atoms with E-state index in [0.29, 0.717) is 24.3 Å². The van der Waals surface area contributed by atoms with Gasteiger partial charge in [0.15, 0.2) is 11.5 Å². The van der Waals surface area contributed by atoms with Crippen molar-refractivity contribution in [2.75, 3.05) is 40.9 Å². The molecule has 166 valence electrons. The second-order valence-corrected chi connectivity index (χ2v) is 9.10. The summed E-state index contributed by atoms with van der Waals surface area (Å²) in [4.78, 5) is 4.63. The van der Waals surface area contributed by atoms with E-state index >= 15 is 0 Å². The lowest BCUT2D eigenvalue weighted by Gasteiger charge is -2.32. The SMILES string of the molecule is COc1cc(CN(C)CCC(C)C)ccc1OC[C@@H](O)CN(C)C1CCCCC1. The number of ether oxygens (including phenoxy) is 2. The summed E-state index contributed by atoms with van der Waals surface area (Å²) in [6.45, 7) is 7.40. The molecule has 1 N–H and O–H groups in total. The Kier molecular flexibility index (Phi) is 10.3. The summed E-state index contributed by atoms with van der Waals surface area (Å²) in [5, 5.41) is 10.4. The molecular formula is C24H42N2O3. The van der Waals surface area contributed by atoms with Gasteiger partial charge in [0.2, 0.25) is 0 Å². The van der Waals surface area contributed by atoms with Gasteiger partial charge in [-0.3, -0.25) is 0 Å². The van der Waals surface area contributed by atoms with Gasteiger partial charge in [-0.05, 0) is 63.5 Å². The molecule has 0 radical (unpaired) electrons. The van der Waals surface area contributed by atoms with E-state index < -0.39 is 6.10 Å². The minimum Gasteiger partial charge on any atom is -0.493 e. The molecule has 0 heterocycles. The highest BCUT2D eigenvalue weighted by molar-refractivity contribution is 5.43. The Balaban J connectivity index is 1.83. The highest BCUT2D eigenvalue weighted by Crippen LogP contribution is 2.29. The Bertz CT molecular complexity index is 587. The van der Waals surface area contributed by atoms with Crippen LogP contribution in [0.4, 0.5) is 0 Å². The van der Waals surface area contributed by atoms with Crippen molar-refractivity contribution >= 4 is 0 Å². The third-order valence-electron chi connectivity index (χ3n) is 5.90. The molecule has 0 amide bonds. The van der Waals surface area contributed by atoms with E-state index in [-0.39, 0.29) is 6.61 Å². The van der Waals surface area contributed by atoms with Gasteiger partial charge in [-0.2, -0.15) is 0 Å². The molecule has 1 aromatic rings. The molecule has 0 saturated heterocycles. The van der Waals surface area contributed by atoms with Crippen molar-refractivity contribution in [1.82, 2.24) is 9.80 Å². The number of benzene rings is 1. The molecule has 1 aliphatic carbocycles. The molecule has 1 aliphatic rings. The average Bonchev–Trinajstić information content (AvgIpc) is 2.71. The van der Waals surface area contributed by atoms with Crippen molar-refractivity contribution < 1.29 is 14.6 Å². The Morgan fingerprint density at radius 2 is 1.83 bits per heavy atom. The molecule has 0 spiro atoms. The largest absolute Gasteiger partial charge is 0.493 e. The lowest BCUT2D eigenvalue weighted by molar-refractivity contribution is 0.0553. The molecule has 0 aliphatic heterocycles. The predicted octanol–water partition coefficient (Wildman–Crippen LogP) is 4.18. The van der Waals surface area contributed by atoms with Crippen molar-refractivity contribution in [2.45, 2.75) is 71.1 Å². The topological polar surface area (TPSA) is 45.2 Å². The number of aliphatic hydroxyl groups excluding tert-OH is 1. The first-order valence-corrected chi connectivity index (χ1v) is 11.3. The molecule has 0 bridgehead atoms. The molecule has 1 atom stereocenters. The molecule has 29 heavy (non-hydrogen) atoms. The van der Waals surface area contributed by atoms with Crippen LogP contribution in [0.3, 0.4) is 0 Å². The summed E-state index contributed by atoms with van der Waals surface area (Å²) in [5.41, 5.74) is 1.21. The first-order chi connectivity index (χ1) is 13.9. The number of hydrogen-bond donors (Lipinski definition) is 1. The second kappa shape index (κ2) is 12.4. The Morgan fingerprint density at radius 1 is 1.10 bits per heavy atom. The summed E-state index contributed by atoms with van der Waals surface area (Å²) in [6, 6.07) is 6.69. The summed E-state index contributed by atoms with van der Waals surface area (Å²) in [5.74, 6) is 2.14. The molecule has 0 unspecified atom stereocenters. The van der Waals surface area contributed by atoms with Gasteiger partial charge in [-0.15, -0.1) is 0 Å². The standard InChI is InChI=1S/C24H42N2O3/c1-19(2)13-14-25(3)16-20-11-12-23(24(15-20)28-5)29-18-22(27)17-26(4)21-9-7-6-8-10-21/h11-12,15,19,21-22,27H,6-10,13-14,16-18H2,1-5H3/t22-/m0/s1. The van der Waals surface area contributed by atoms with Gasteiger partial charge in [0.1, 0.15) is 12.7 Å². The minimum absolute atomic E-state index is 0.279. The third-order valence-corrected chi connectivity index (χ3v) is 5.90. The van der Waals surface area contributed by atoms with E-state index in [4.69, 9.17) is 9.47 Å². The van der Waals surface area contributed by atoms with Gasteiger partial charge in [-0.25, -0.2) is 0 Å². The maximum atomic E-state index is 10.4. The fourth-order valence-corrected chi connectivity index (χ4v) is 4.04. The van der Waals surface area contributed by atoms with Gasteiger partial charge >= 0.3 is 0 Å². The zero-order chi connectivity index (χ0) is 21.2. The Hall–Kier alpha value is -1.30. The molecule has 1 fully saturated rings. The van der Waals surface area contributed by atoms with E-state index in [1.54, 1.807) is 7.11 Å². The molecular weight excluding hydrogens is 364 g/mol. The predicted molar refractivity (Wildman–Crippen MR) is 120 cm³/mol. The summed E-state index contributed by atoms with van der Waals surface area (Å²) < 4.78 is 11.4. The molecule has 5 heteroatoms. The van der Waals surface area contributed by atoms with Gasteiger partial charge < -0.3 is 24.4 Å². The van der Waals surface area contributed by atoms with Crippen LogP contribution in [0.2, 0.25) is 0 Å². The lowest BCUT2D eigenvalue weighted by atomic mass is 9.94. The van der Waals surface area contributed by atoms with Gasteiger partial charge in [0.05, 0.1) is 7.11 Å². The summed E-state index contributed by atoms with van der Waals surface area (Å²) in [6.07, 6.45) is 7.13. The molecule has 1 aromatic carbocycles. The molecule has 0 aromatic heterocycles. The quantitative estimate of drug-likeness (QED) is 0.564. The monoisotopic (exact) mass is 406 g/mol. The number of nitrogens with zero attached hydrogens (tertiary/aromatic N) is 2. The summed E-state index contributed by atoms with van der Waals surface area (Å²) in [7, 11) is 5.94. The number of hydrogen-bond acceptors (Lipinski definition) is 5. The van der Waals surface area contributed by atoms with Crippen LogP contribution in [0.15, 0.2) is 18.2 Å². The van der Waals surface area contributed by atoms with Crippen molar-refractivity contribution in [1.29, 1.82) is 0 Å². The van der Waals surface area contributed by atoms with E-state index in [0.717, 1.165) is 18.8 Å². The first-order valence-electron chi connectivity index (χ1n) is 11.3. The van der Waals surface area contributed by atoms with Crippen LogP contribution >= 0.6 is 0 Å². The zero-order valence-corrected chi connectivity index (χ0v) is 19.2. The lowest BCUT2D eigenvalue weighted by Crippen LogP contribution is -2.40. The maximum Gasteiger partial charge on any atom is 0.161 e. The van der Waals surface area contributed by atoms with Gasteiger partial charge in [0, 0.05) is 19.1 Å². The number of aliphatic hydroxyl groups is 1. The Morgan fingerprint density at radius 3 is 2.48 bits per heavy atom. The number of methoxy groups -OCH3 is 1. The van der Waals surface area contributed by atoms with Crippen LogP contribution in [0, 0.1) is 5.92 Å². The van der Waals surface area contributed by atoms with Crippen LogP contribution in [-0.4, -0.2) is 68.0 Å². The van der Waals surface area contributed by atoms with Gasteiger partial charge in [0.25, 0.3) is 0 Å². The van der Waals surface area contributed by atoms with Crippen LogP contribution in [0.5, 0.6) is 11.5 Å². The number of rotatable bonds is 12. The van der Waals surface area contributed by atoms with Crippen molar-refractivity contribution in [2.24, 2.45) is 5.92 Å². The Labute approximate surface area is 178 Å². The fourth-order valence-electron chi connectivity index (χ4n) is 4.04. The molecule has 5 nitrogen and oxygen atoms in total. The molecule has 1 saturated carbocycles. The second-order valence-electron chi connectivity index (χ2n) is 9.10. The minimum atomic E-state index is -0.506. The highest BCUT2D eigenvalue weighted by Gasteiger charge is 2.20. The zero-order valence-electron chi connectivity index (χ0n) is 19.2. The van der Waals surface area contributed by atoms with Crippen molar-refractivity contribution in [3.05, 3.63) is 23.8 Å². The van der Waals surface area contributed by atoms with Crippen molar-refractivity contribution in [3.63, 3.8) is 0 Å². The van der Waals surface area contributed by atoms with E-state index in [1.807, 2.05) is 12.1 Å². The van der Waals surface area contributed by atoms with Crippen LogP contribution < -0.4 is 9.47 Å². The first kappa shape index (κ1) is 24.0. The van der Waals surface area contributed by atoms with E-state index in [1.165, 1.54) is 44.1 Å². The highest BCUT2D eigenvalue weighted by atomic mass is 16.5. The van der Waals surface area contributed by atoms with E-state index in [2.05, 4.69) is 43.8 Å². The van der Waals surface area contributed by atoms with Crippen LogP contribution in [0.1, 0.15) is 57.9 Å². The van der Waals surface area contributed by atoms with Crippen LogP contribution in [-0.2, 0) is 6.54 Å². The van der Waals surface area contributed by atoms with E-state index in [9.17, 15) is 5.11 Å². The van der Waals surface area contributed by atoms with Gasteiger partial charge in [-0.1, -0.05) is 39.2 Å². The normalized spacial score (nSPS) is 16.6. The van der Waals surface area contributed by atoms with Crippen molar-refractivity contribution in [3.8, 4) is 11.5 Å². The smallest absolute Gasteiger partial charge is 0.161 e. The fraction of sp³-hybridized carbons (Fsp3) is 0.750. The average molecular weight is 407 g/mol. The summed E-state index contributed by atoms with van der Waals surface area (Å²) >= 11 is 0. The maximum absolute atomic E-state index is 10.4.